The molecule has 0 aromatic carbocycles. The third kappa shape index (κ3) is 1.83. The molecule has 3 nitrogen and oxygen atoms in total. The standard InChI is InChI=1S/C18H34N2O/c1-16(2)14-7-8-17(16,3)18(11-14,15(12-19)13-21)20-9-5-4-6-10-20/h14-15,21H,4-13,19H2,1-3H3/t14-,15-,17+,18+/m0/s1. The maximum Gasteiger partial charge on any atom is 0.0489 e. The van der Waals surface area contributed by atoms with Crippen molar-refractivity contribution in [2.45, 2.75) is 64.8 Å². The van der Waals surface area contributed by atoms with Gasteiger partial charge in [0, 0.05) is 18.1 Å². The van der Waals surface area contributed by atoms with E-state index in [4.69, 9.17) is 5.73 Å². The molecule has 2 aliphatic carbocycles. The fourth-order valence-corrected chi connectivity index (χ4v) is 6.40. The Labute approximate surface area is 130 Å². The normalized spacial score (nSPS) is 44.1. The zero-order valence-corrected chi connectivity index (χ0v) is 14.2. The van der Waals surface area contributed by atoms with Crippen LogP contribution >= 0.6 is 0 Å². The summed E-state index contributed by atoms with van der Waals surface area (Å²) in [6, 6.07) is 0. The molecule has 3 fully saturated rings. The molecule has 2 bridgehead atoms. The van der Waals surface area contributed by atoms with Crippen LogP contribution in [0.25, 0.3) is 0 Å². The van der Waals surface area contributed by atoms with Crippen molar-refractivity contribution < 1.29 is 5.11 Å². The Bertz CT molecular complexity index is 387. The van der Waals surface area contributed by atoms with Crippen LogP contribution in [0.2, 0.25) is 0 Å². The van der Waals surface area contributed by atoms with Gasteiger partial charge in [-0.1, -0.05) is 27.2 Å². The van der Waals surface area contributed by atoms with Crippen LogP contribution in [0.1, 0.15) is 59.3 Å². The predicted octanol–water partition coefficient (Wildman–Crippen LogP) is 2.62. The van der Waals surface area contributed by atoms with E-state index >= 15 is 0 Å². The van der Waals surface area contributed by atoms with Crippen molar-refractivity contribution in [1.29, 1.82) is 0 Å². The Kier molecular flexibility index (Phi) is 3.91. The van der Waals surface area contributed by atoms with Crippen molar-refractivity contribution in [3.05, 3.63) is 0 Å². The summed E-state index contributed by atoms with van der Waals surface area (Å²) in [6.07, 6.45) is 7.90. The Morgan fingerprint density at radius 1 is 1.19 bits per heavy atom. The average Bonchev–Trinajstić information content (AvgIpc) is 2.81. The van der Waals surface area contributed by atoms with Crippen LogP contribution in [0.15, 0.2) is 0 Å². The van der Waals surface area contributed by atoms with Crippen molar-refractivity contribution in [3.63, 3.8) is 0 Å². The number of rotatable bonds is 4. The van der Waals surface area contributed by atoms with Crippen LogP contribution in [0.3, 0.4) is 0 Å². The number of piperidine rings is 1. The van der Waals surface area contributed by atoms with E-state index in [9.17, 15) is 5.11 Å². The molecule has 4 atom stereocenters. The van der Waals surface area contributed by atoms with Gasteiger partial charge in [0.2, 0.25) is 0 Å². The quantitative estimate of drug-likeness (QED) is 0.838. The lowest BCUT2D eigenvalue weighted by Gasteiger charge is -2.59. The predicted molar refractivity (Wildman–Crippen MR) is 87.0 cm³/mol. The number of hydrogen-bond donors (Lipinski definition) is 2. The van der Waals surface area contributed by atoms with Gasteiger partial charge in [0.15, 0.2) is 0 Å². The van der Waals surface area contributed by atoms with E-state index in [1.807, 2.05) is 0 Å². The minimum atomic E-state index is 0.128. The number of likely N-dealkylation sites (tertiary alicyclic amines) is 1. The molecular formula is C18H34N2O. The Balaban J connectivity index is 2.06. The fraction of sp³-hybridized carbons (Fsp3) is 1.00. The summed E-state index contributed by atoms with van der Waals surface area (Å²) in [5.41, 5.74) is 6.93. The number of nitrogens with zero attached hydrogens (tertiary/aromatic N) is 1. The average molecular weight is 294 g/mol. The molecule has 21 heavy (non-hydrogen) atoms. The van der Waals surface area contributed by atoms with Gasteiger partial charge in [-0.2, -0.15) is 0 Å². The van der Waals surface area contributed by atoms with Crippen LogP contribution in [0, 0.1) is 22.7 Å². The minimum Gasteiger partial charge on any atom is -0.396 e. The third-order valence-electron chi connectivity index (χ3n) is 8.05. The number of fused-ring (bicyclic) bond motifs is 2. The highest BCUT2D eigenvalue weighted by Crippen LogP contribution is 2.72. The number of aliphatic hydroxyl groups excluding tert-OH is 1. The lowest BCUT2D eigenvalue weighted by Crippen LogP contribution is -2.66. The molecule has 0 aromatic heterocycles. The molecule has 0 unspecified atom stereocenters. The summed E-state index contributed by atoms with van der Waals surface area (Å²) in [5.74, 6) is 1.02. The molecule has 0 spiro atoms. The molecule has 1 heterocycles. The van der Waals surface area contributed by atoms with Crippen molar-refractivity contribution in [3.8, 4) is 0 Å². The second kappa shape index (κ2) is 5.21. The molecule has 2 saturated carbocycles. The summed E-state index contributed by atoms with van der Waals surface area (Å²) in [5, 5.41) is 10.1. The molecule has 1 saturated heterocycles. The van der Waals surface area contributed by atoms with E-state index in [-0.39, 0.29) is 23.5 Å². The SMILES string of the molecule is CC1(C)[C@H]2CC[C@@]1(C)[C@@]([C@@H](CN)CO)(N1CCCCC1)C2. The second-order valence-electron chi connectivity index (χ2n) is 8.58. The van der Waals surface area contributed by atoms with Gasteiger partial charge in [0.25, 0.3) is 0 Å². The van der Waals surface area contributed by atoms with Gasteiger partial charge in [-0.05, 0) is 68.5 Å². The third-order valence-corrected chi connectivity index (χ3v) is 8.05. The van der Waals surface area contributed by atoms with Crippen LogP contribution in [-0.2, 0) is 0 Å². The maximum atomic E-state index is 10.1. The van der Waals surface area contributed by atoms with Crippen LogP contribution in [0.4, 0.5) is 0 Å². The second-order valence-corrected chi connectivity index (χ2v) is 8.58. The lowest BCUT2D eigenvalue weighted by atomic mass is 9.57. The Hall–Kier alpha value is -0.120. The van der Waals surface area contributed by atoms with E-state index in [2.05, 4.69) is 25.7 Å². The van der Waals surface area contributed by atoms with Crippen molar-refractivity contribution >= 4 is 0 Å². The minimum absolute atomic E-state index is 0.128. The fourth-order valence-electron chi connectivity index (χ4n) is 6.40. The first-order valence-electron chi connectivity index (χ1n) is 9.00. The van der Waals surface area contributed by atoms with Gasteiger partial charge in [-0.3, -0.25) is 4.90 Å². The zero-order chi connectivity index (χ0) is 15.3. The number of aliphatic hydroxyl groups is 1. The Morgan fingerprint density at radius 2 is 1.86 bits per heavy atom. The summed E-state index contributed by atoms with van der Waals surface area (Å²) >= 11 is 0. The van der Waals surface area contributed by atoms with Crippen molar-refractivity contribution in [2.24, 2.45) is 28.4 Å². The lowest BCUT2D eigenvalue weighted by molar-refractivity contribution is -0.101. The zero-order valence-electron chi connectivity index (χ0n) is 14.2. The highest BCUT2D eigenvalue weighted by molar-refractivity contribution is 5.23. The molecule has 3 heteroatoms. The highest BCUT2D eigenvalue weighted by Gasteiger charge is 2.71. The highest BCUT2D eigenvalue weighted by atomic mass is 16.3. The topological polar surface area (TPSA) is 49.5 Å². The van der Waals surface area contributed by atoms with E-state index in [0.717, 1.165) is 5.92 Å². The smallest absolute Gasteiger partial charge is 0.0489 e. The molecule has 3 aliphatic rings. The molecular weight excluding hydrogens is 260 g/mol. The first-order chi connectivity index (χ1) is 9.94. The van der Waals surface area contributed by atoms with E-state index in [1.54, 1.807) is 0 Å². The van der Waals surface area contributed by atoms with Gasteiger partial charge in [-0.25, -0.2) is 0 Å². The van der Waals surface area contributed by atoms with E-state index in [1.165, 1.54) is 51.6 Å². The first kappa shape index (κ1) is 15.8. The number of nitrogens with two attached hydrogens (primary N) is 1. The van der Waals surface area contributed by atoms with Gasteiger partial charge < -0.3 is 10.8 Å². The van der Waals surface area contributed by atoms with Gasteiger partial charge in [-0.15, -0.1) is 0 Å². The van der Waals surface area contributed by atoms with Gasteiger partial charge in [0.1, 0.15) is 0 Å². The van der Waals surface area contributed by atoms with Crippen LogP contribution in [0.5, 0.6) is 0 Å². The summed E-state index contributed by atoms with van der Waals surface area (Å²) in [6.45, 7) is 10.7. The largest absolute Gasteiger partial charge is 0.396 e. The molecule has 122 valence electrons. The van der Waals surface area contributed by atoms with Crippen molar-refractivity contribution in [2.75, 3.05) is 26.2 Å². The van der Waals surface area contributed by atoms with E-state index in [0.29, 0.717) is 12.0 Å². The van der Waals surface area contributed by atoms with Gasteiger partial charge >= 0.3 is 0 Å². The van der Waals surface area contributed by atoms with Crippen LogP contribution < -0.4 is 5.73 Å². The molecule has 0 amide bonds. The summed E-state index contributed by atoms with van der Waals surface area (Å²) < 4.78 is 0. The number of hydrogen-bond acceptors (Lipinski definition) is 3. The molecule has 0 aromatic rings. The van der Waals surface area contributed by atoms with Gasteiger partial charge in [0.05, 0.1) is 0 Å². The monoisotopic (exact) mass is 294 g/mol. The Morgan fingerprint density at radius 3 is 2.29 bits per heavy atom. The van der Waals surface area contributed by atoms with E-state index < -0.39 is 0 Å². The molecule has 3 N–H and O–H groups in total. The van der Waals surface area contributed by atoms with Crippen molar-refractivity contribution in [1.82, 2.24) is 4.90 Å². The molecule has 1 aliphatic heterocycles. The van der Waals surface area contributed by atoms with Crippen LogP contribution in [-0.4, -0.2) is 41.8 Å². The summed E-state index contributed by atoms with van der Waals surface area (Å²) in [4.78, 5) is 2.76. The maximum absolute atomic E-state index is 10.1. The molecule has 3 rings (SSSR count). The first-order valence-corrected chi connectivity index (χ1v) is 9.00. The molecule has 0 radical (unpaired) electrons. The summed E-state index contributed by atoms with van der Waals surface area (Å²) in [7, 11) is 0.